The Balaban J connectivity index is 1.80. The fraction of sp³-hybridized carbons (Fsp3) is 0.471. The molecule has 1 aliphatic rings. The van der Waals surface area contributed by atoms with Crippen molar-refractivity contribution in [2.75, 3.05) is 21.1 Å². The van der Waals surface area contributed by atoms with Crippen LogP contribution in [0.3, 0.4) is 0 Å². The summed E-state index contributed by atoms with van der Waals surface area (Å²) in [6, 6.07) is 9.22. The van der Waals surface area contributed by atoms with Gasteiger partial charge in [0.15, 0.2) is 5.96 Å². The van der Waals surface area contributed by atoms with Crippen molar-refractivity contribution in [2.45, 2.75) is 32.0 Å². The highest BCUT2D eigenvalue weighted by molar-refractivity contribution is 5.80. The van der Waals surface area contributed by atoms with Gasteiger partial charge in [-0.25, -0.2) is 0 Å². The van der Waals surface area contributed by atoms with E-state index < -0.39 is 0 Å². The number of hydrogen-bond donors (Lipinski definition) is 2. The average Bonchev–Trinajstić information content (AvgIpc) is 2.97. The van der Waals surface area contributed by atoms with Gasteiger partial charge in [-0.05, 0) is 38.1 Å². The normalized spacial score (nSPS) is 15.7. The summed E-state index contributed by atoms with van der Waals surface area (Å²) < 4.78 is 0. The smallest absolute Gasteiger partial charge is 0.191 e. The molecule has 21 heavy (non-hydrogen) atoms. The second-order valence-electron chi connectivity index (χ2n) is 5.76. The number of rotatable bonds is 5. The molecule has 0 aromatic heterocycles. The molecule has 1 aromatic rings. The monoisotopic (exact) mass is 286 g/mol. The number of guanidine groups is 1. The average molecular weight is 286 g/mol. The highest BCUT2D eigenvalue weighted by Crippen LogP contribution is 2.09. The molecule has 0 spiro atoms. The number of nitrogens with zero attached hydrogens (tertiary/aromatic N) is 2. The van der Waals surface area contributed by atoms with Crippen molar-refractivity contribution in [3.63, 3.8) is 0 Å². The maximum atomic E-state index is 4.28. The zero-order chi connectivity index (χ0) is 15.1. The van der Waals surface area contributed by atoms with Crippen LogP contribution in [0.4, 0.5) is 0 Å². The van der Waals surface area contributed by atoms with Crippen molar-refractivity contribution in [1.29, 1.82) is 0 Å². The minimum Gasteiger partial charge on any atom is -0.353 e. The minimum absolute atomic E-state index is 0.485. The van der Waals surface area contributed by atoms with Crippen LogP contribution in [-0.2, 0) is 13.1 Å². The van der Waals surface area contributed by atoms with E-state index in [1.807, 2.05) is 7.05 Å². The van der Waals surface area contributed by atoms with Crippen LogP contribution < -0.4 is 10.6 Å². The third-order valence-corrected chi connectivity index (χ3v) is 3.55. The molecule has 4 heteroatoms. The van der Waals surface area contributed by atoms with Gasteiger partial charge in [-0.15, -0.1) is 0 Å². The number of aliphatic imine (C=N–C) groups is 1. The molecule has 2 rings (SSSR count). The summed E-state index contributed by atoms with van der Waals surface area (Å²) in [5.74, 6) is 0.876. The van der Waals surface area contributed by atoms with Crippen molar-refractivity contribution in [3.05, 3.63) is 47.5 Å². The molecular formula is C17H26N4. The van der Waals surface area contributed by atoms with Crippen LogP contribution >= 0.6 is 0 Å². The van der Waals surface area contributed by atoms with Gasteiger partial charge >= 0.3 is 0 Å². The molecule has 0 heterocycles. The number of nitrogens with one attached hydrogen (secondary N) is 2. The zero-order valence-corrected chi connectivity index (χ0v) is 13.3. The first kappa shape index (κ1) is 15.6. The molecule has 0 aliphatic heterocycles. The number of hydrogen-bond acceptors (Lipinski definition) is 2. The van der Waals surface area contributed by atoms with E-state index in [1.54, 1.807) is 0 Å². The van der Waals surface area contributed by atoms with Crippen LogP contribution in [-0.4, -0.2) is 38.0 Å². The summed E-state index contributed by atoms with van der Waals surface area (Å²) in [5, 5.41) is 6.82. The second-order valence-corrected chi connectivity index (χ2v) is 5.76. The Kier molecular flexibility index (Phi) is 5.81. The molecule has 0 saturated carbocycles. The lowest BCUT2D eigenvalue weighted by molar-refractivity contribution is 0.402. The minimum atomic E-state index is 0.485. The van der Waals surface area contributed by atoms with E-state index in [4.69, 9.17) is 0 Å². The highest BCUT2D eigenvalue weighted by Gasteiger charge is 2.11. The molecule has 0 radical (unpaired) electrons. The summed E-state index contributed by atoms with van der Waals surface area (Å²) in [7, 11) is 5.99. The van der Waals surface area contributed by atoms with E-state index in [0.717, 1.165) is 31.9 Å². The second kappa shape index (κ2) is 7.84. The van der Waals surface area contributed by atoms with Crippen LogP contribution in [0.5, 0.6) is 0 Å². The fourth-order valence-electron chi connectivity index (χ4n) is 2.44. The molecule has 0 saturated heterocycles. The third kappa shape index (κ3) is 5.23. The van der Waals surface area contributed by atoms with E-state index in [1.165, 1.54) is 11.1 Å². The maximum Gasteiger partial charge on any atom is 0.191 e. The molecule has 4 nitrogen and oxygen atoms in total. The van der Waals surface area contributed by atoms with E-state index in [-0.39, 0.29) is 0 Å². The molecular weight excluding hydrogens is 260 g/mol. The zero-order valence-electron chi connectivity index (χ0n) is 13.3. The van der Waals surface area contributed by atoms with Crippen LogP contribution in [0, 0.1) is 0 Å². The van der Waals surface area contributed by atoms with Gasteiger partial charge < -0.3 is 15.5 Å². The molecule has 1 aliphatic carbocycles. The molecule has 0 atom stereocenters. The van der Waals surface area contributed by atoms with Gasteiger partial charge in [-0.2, -0.15) is 0 Å². The topological polar surface area (TPSA) is 39.7 Å². The van der Waals surface area contributed by atoms with Crippen molar-refractivity contribution in [3.8, 4) is 0 Å². The van der Waals surface area contributed by atoms with Crippen molar-refractivity contribution in [2.24, 2.45) is 4.99 Å². The summed E-state index contributed by atoms with van der Waals surface area (Å²) in [6.07, 6.45) is 6.60. The molecule has 0 fully saturated rings. The van der Waals surface area contributed by atoms with Gasteiger partial charge in [0.05, 0.1) is 0 Å². The lowest BCUT2D eigenvalue weighted by Crippen LogP contribution is -2.42. The Morgan fingerprint density at radius 3 is 2.33 bits per heavy atom. The quantitative estimate of drug-likeness (QED) is 0.495. The molecule has 2 N–H and O–H groups in total. The predicted octanol–water partition coefficient (Wildman–Crippen LogP) is 2.13. The predicted molar refractivity (Wildman–Crippen MR) is 89.3 cm³/mol. The van der Waals surface area contributed by atoms with E-state index >= 15 is 0 Å². The van der Waals surface area contributed by atoms with Gasteiger partial charge in [0.2, 0.25) is 0 Å². The van der Waals surface area contributed by atoms with Crippen molar-refractivity contribution >= 4 is 5.96 Å². The van der Waals surface area contributed by atoms with Crippen LogP contribution in [0.2, 0.25) is 0 Å². The van der Waals surface area contributed by atoms with Gasteiger partial charge in [0, 0.05) is 26.2 Å². The van der Waals surface area contributed by atoms with E-state index in [9.17, 15) is 0 Å². The lowest BCUT2D eigenvalue weighted by atomic mass is 10.1. The Hall–Kier alpha value is -1.81. The Bertz CT molecular complexity index is 480. The third-order valence-electron chi connectivity index (χ3n) is 3.55. The Morgan fingerprint density at radius 2 is 1.76 bits per heavy atom. The van der Waals surface area contributed by atoms with Crippen molar-refractivity contribution < 1.29 is 0 Å². The van der Waals surface area contributed by atoms with Crippen LogP contribution in [0.25, 0.3) is 0 Å². The number of benzene rings is 1. The Morgan fingerprint density at radius 1 is 1.14 bits per heavy atom. The molecule has 1 aromatic carbocycles. The van der Waals surface area contributed by atoms with Gasteiger partial charge in [0.1, 0.15) is 0 Å². The Labute approximate surface area is 128 Å². The maximum absolute atomic E-state index is 4.28. The molecule has 0 unspecified atom stereocenters. The van der Waals surface area contributed by atoms with Crippen molar-refractivity contribution in [1.82, 2.24) is 15.5 Å². The largest absolute Gasteiger partial charge is 0.353 e. The molecule has 0 amide bonds. The first-order valence-electron chi connectivity index (χ1n) is 7.52. The van der Waals surface area contributed by atoms with E-state index in [2.05, 4.69) is 71.0 Å². The summed E-state index contributed by atoms with van der Waals surface area (Å²) in [5.41, 5.74) is 2.60. The first-order valence-corrected chi connectivity index (χ1v) is 7.52. The standard InChI is InChI=1S/C17H26N4/c1-18-17(20-16-6-4-5-7-16)19-12-14-8-10-15(11-9-14)13-21(2)3/h4-5,8-11,16H,6-7,12-13H2,1-3H3,(H2,18,19,20). The summed E-state index contributed by atoms with van der Waals surface area (Å²) in [4.78, 5) is 6.46. The molecule has 0 bridgehead atoms. The highest BCUT2D eigenvalue weighted by atomic mass is 15.2. The van der Waals surface area contributed by atoms with Gasteiger partial charge in [-0.1, -0.05) is 36.4 Å². The van der Waals surface area contributed by atoms with E-state index in [0.29, 0.717) is 6.04 Å². The summed E-state index contributed by atoms with van der Waals surface area (Å²) in [6.45, 7) is 1.77. The fourth-order valence-corrected chi connectivity index (χ4v) is 2.44. The van der Waals surface area contributed by atoms with Crippen LogP contribution in [0.1, 0.15) is 24.0 Å². The van der Waals surface area contributed by atoms with Gasteiger partial charge in [-0.3, -0.25) is 4.99 Å². The van der Waals surface area contributed by atoms with Crippen LogP contribution in [0.15, 0.2) is 41.4 Å². The molecule has 114 valence electrons. The lowest BCUT2D eigenvalue weighted by Gasteiger charge is -2.17. The van der Waals surface area contributed by atoms with Gasteiger partial charge in [0.25, 0.3) is 0 Å². The summed E-state index contributed by atoms with van der Waals surface area (Å²) >= 11 is 0. The first-order chi connectivity index (χ1) is 10.2. The SMILES string of the molecule is CN=C(NCc1ccc(CN(C)C)cc1)NC1CC=CC1.